The fourth-order valence-electron chi connectivity index (χ4n) is 2.22. The number of hydrogen-bond donors (Lipinski definition) is 1. The van der Waals surface area contributed by atoms with Crippen molar-refractivity contribution in [3.63, 3.8) is 0 Å². The normalized spacial score (nSPS) is 10.4. The average Bonchev–Trinajstić information content (AvgIpc) is 2.45. The minimum Gasteiger partial charge on any atom is -0.478 e. The molecule has 0 heterocycles. The molecule has 0 spiro atoms. The number of aryl methyl sites for hydroxylation is 1. The van der Waals surface area contributed by atoms with Crippen LogP contribution in [0, 0.1) is 6.92 Å². The van der Waals surface area contributed by atoms with Crippen molar-refractivity contribution in [1.29, 1.82) is 0 Å². The highest BCUT2D eigenvalue weighted by Gasteiger charge is 2.10. The second-order valence-corrected chi connectivity index (χ2v) is 5.82. The van der Waals surface area contributed by atoms with Crippen molar-refractivity contribution in [1.82, 2.24) is 0 Å². The fourth-order valence-corrected chi connectivity index (χ4v) is 2.73. The molecule has 4 heteroatoms. The van der Waals surface area contributed by atoms with E-state index in [-0.39, 0.29) is 0 Å². The Balaban J connectivity index is 2.25. The van der Waals surface area contributed by atoms with Crippen molar-refractivity contribution >= 4 is 27.6 Å². The van der Waals surface area contributed by atoms with E-state index in [1.165, 1.54) is 11.3 Å². The molecule has 21 heavy (non-hydrogen) atoms. The van der Waals surface area contributed by atoms with Crippen molar-refractivity contribution in [3.8, 4) is 0 Å². The third-order valence-electron chi connectivity index (χ3n) is 3.41. The van der Waals surface area contributed by atoms with Crippen molar-refractivity contribution in [3.05, 3.63) is 63.6 Å². The van der Waals surface area contributed by atoms with E-state index in [1.54, 1.807) is 12.1 Å². The van der Waals surface area contributed by atoms with Gasteiger partial charge in [0.25, 0.3) is 0 Å². The maximum absolute atomic E-state index is 11.0. The second-order valence-electron chi connectivity index (χ2n) is 4.96. The van der Waals surface area contributed by atoms with Gasteiger partial charge in [0.05, 0.1) is 5.56 Å². The lowest BCUT2D eigenvalue weighted by molar-refractivity contribution is 0.0697. The molecule has 0 aliphatic carbocycles. The van der Waals surface area contributed by atoms with Gasteiger partial charge in [-0.1, -0.05) is 34.1 Å². The average molecular weight is 348 g/mol. The first kappa shape index (κ1) is 15.6. The summed E-state index contributed by atoms with van der Waals surface area (Å²) in [4.78, 5) is 13.2. The molecule has 3 nitrogen and oxygen atoms in total. The Morgan fingerprint density at radius 2 is 2.00 bits per heavy atom. The summed E-state index contributed by atoms with van der Waals surface area (Å²) in [6.07, 6.45) is 0. The molecular weight excluding hydrogens is 330 g/mol. The lowest BCUT2D eigenvalue weighted by Crippen LogP contribution is -2.22. The zero-order valence-electron chi connectivity index (χ0n) is 12.1. The number of halogens is 1. The van der Waals surface area contributed by atoms with Crippen LogP contribution >= 0.6 is 15.9 Å². The van der Waals surface area contributed by atoms with Crippen LogP contribution in [0.4, 0.5) is 5.69 Å². The summed E-state index contributed by atoms with van der Waals surface area (Å²) in [5.74, 6) is -0.909. The SMILES string of the molecule is CCN(Cc1ccc(C(=O)O)cc1Br)c1cccc(C)c1. The summed E-state index contributed by atoms with van der Waals surface area (Å²) in [7, 11) is 0. The van der Waals surface area contributed by atoms with E-state index >= 15 is 0 Å². The Morgan fingerprint density at radius 3 is 2.57 bits per heavy atom. The van der Waals surface area contributed by atoms with Crippen LogP contribution in [0.2, 0.25) is 0 Å². The summed E-state index contributed by atoms with van der Waals surface area (Å²) in [6, 6.07) is 13.5. The van der Waals surface area contributed by atoms with Crippen molar-refractivity contribution in [2.75, 3.05) is 11.4 Å². The van der Waals surface area contributed by atoms with Gasteiger partial charge in [-0.15, -0.1) is 0 Å². The molecule has 2 rings (SSSR count). The lowest BCUT2D eigenvalue weighted by Gasteiger charge is -2.24. The molecule has 0 aromatic heterocycles. The van der Waals surface area contributed by atoms with Gasteiger partial charge in [0.1, 0.15) is 0 Å². The molecule has 2 aromatic carbocycles. The number of anilines is 1. The number of rotatable bonds is 5. The quantitative estimate of drug-likeness (QED) is 0.866. The van der Waals surface area contributed by atoms with Gasteiger partial charge in [0.15, 0.2) is 0 Å². The number of hydrogen-bond acceptors (Lipinski definition) is 2. The van der Waals surface area contributed by atoms with Gasteiger partial charge < -0.3 is 10.0 Å². The summed E-state index contributed by atoms with van der Waals surface area (Å²) < 4.78 is 0.827. The van der Waals surface area contributed by atoms with Crippen LogP contribution in [0.3, 0.4) is 0 Å². The highest BCUT2D eigenvalue weighted by molar-refractivity contribution is 9.10. The Bertz CT molecular complexity index is 655. The van der Waals surface area contributed by atoms with Gasteiger partial charge >= 0.3 is 5.97 Å². The van der Waals surface area contributed by atoms with E-state index < -0.39 is 5.97 Å². The topological polar surface area (TPSA) is 40.5 Å². The molecular formula is C17H18BrNO2. The van der Waals surface area contributed by atoms with Gasteiger partial charge in [-0.25, -0.2) is 4.79 Å². The van der Waals surface area contributed by atoms with Gasteiger partial charge in [-0.3, -0.25) is 0 Å². The van der Waals surface area contributed by atoms with E-state index in [2.05, 4.69) is 58.9 Å². The van der Waals surface area contributed by atoms with E-state index in [4.69, 9.17) is 5.11 Å². The van der Waals surface area contributed by atoms with Crippen molar-refractivity contribution in [2.24, 2.45) is 0 Å². The minimum atomic E-state index is -0.909. The highest BCUT2D eigenvalue weighted by atomic mass is 79.9. The summed E-state index contributed by atoms with van der Waals surface area (Å²) in [5, 5.41) is 9.01. The maximum atomic E-state index is 11.0. The first-order chi connectivity index (χ1) is 10.0. The number of aromatic carboxylic acids is 1. The van der Waals surface area contributed by atoms with Crippen molar-refractivity contribution in [2.45, 2.75) is 20.4 Å². The zero-order valence-corrected chi connectivity index (χ0v) is 13.7. The highest BCUT2D eigenvalue weighted by Crippen LogP contribution is 2.24. The van der Waals surface area contributed by atoms with Gasteiger partial charge in [0.2, 0.25) is 0 Å². The van der Waals surface area contributed by atoms with Crippen LogP contribution in [-0.4, -0.2) is 17.6 Å². The molecule has 0 fully saturated rings. The standard InChI is InChI=1S/C17H18BrNO2/c1-3-19(15-6-4-5-12(2)9-15)11-14-8-7-13(17(20)21)10-16(14)18/h4-10H,3,11H2,1-2H3,(H,20,21). The van der Waals surface area contributed by atoms with Gasteiger partial charge in [-0.2, -0.15) is 0 Å². The molecule has 0 radical (unpaired) electrons. The third kappa shape index (κ3) is 3.85. The number of nitrogens with zero attached hydrogens (tertiary/aromatic N) is 1. The minimum absolute atomic E-state index is 0.296. The van der Waals surface area contributed by atoms with E-state index in [0.717, 1.165) is 23.1 Å². The molecule has 0 amide bonds. The summed E-state index contributed by atoms with van der Waals surface area (Å²) in [5.41, 5.74) is 3.77. The maximum Gasteiger partial charge on any atom is 0.335 e. The molecule has 0 bridgehead atoms. The zero-order chi connectivity index (χ0) is 15.4. The smallest absolute Gasteiger partial charge is 0.335 e. The fraction of sp³-hybridized carbons (Fsp3) is 0.235. The monoisotopic (exact) mass is 347 g/mol. The molecule has 0 atom stereocenters. The van der Waals surface area contributed by atoms with Gasteiger partial charge in [-0.05, 0) is 49.2 Å². The molecule has 0 saturated carbocycles. The van der Waals surface area contributed by atoms with Gasteiger partial charge in [0, 0.05) is 23.2 Å². The van der Waals surface area contributed by atoms with E-state index in [1.807, 2.05) is 6.07 Å². The largest absolute Gasteiger partial charge is 0.478 e. The van der Waals surface area contributed by atoms with E-state index in [0.29, 0.717) is 5.56 Å². The number of carboxylic acid groups (broad SMARTS) is 1. The summed E-state index contributed by atoms with van der Waals surface area (Å²) in [6.45, 7) is 5.81. The van der Waals surface area contributed by atoms with E-state index in [9.17, 15) is 4.79 Å². The molecule has 110 valence electrons. The lowest BCUT2D eigenvalue weighted by atomic mass is 10.1. The molecule has 2 aromatic rings. The van der Waals surface area contributed by atoms with Crippen LogP contribution in [0.25, 0.3) is 0 Å². The molecule has 0 saturated heterocycles. The number of carboxylic acids is 1. The first-order valence-corrected chi connectivity index (χ1v) is 7.64. The Hall–Kier alpha value is -1.81. The van der Waals surface area contributed by atoms with Crippen LogP contribution in [0.15, 0.2) is 46.9 Å². The predicted octanol–water partition coefficient (Wildman–Crippen LogP) is 4.48. The Morgan fingerprint density at radius 1 is 1.24 bits per heavy atom. The number of carbonyl (C=O) groups is 1. The Labute approximate surface area is 133 Å². The van der Waals surface area contributed by atoms with Crippen LogP contribution in [0.5, 0.6) is 0 Å². The summed E-state index contributed by atoms with van der Waals surface area (Å²) >= 11 is 3.47. The molecule has 1 N–H and O–H groups in total. The second kappa shape index (κ2) is 6.76. The van der Waals surface area contributed by atoms with Crippen LogP contribution in [-0.2, 0) is 6.54 Å². The molecule has 0 aliphatic heterocycles. The first-order valence-electron chi connectivity index (χ1n) is 6.84. The number of benzene rings is 2. The van der Waals surface area contributed by atoms with Crippen LogP contribution < -0.4 is 4.90 Å². The van der Waals surface area contributed by atoms with Crippen molar-refractivity contribution < 1.29 is 9.90 Å². The third-order valence-corrected chi connectivity index (χ3v) is 4.15. The molecule has 0 aliphatic rings. The van der Waals surface area contributed by atoms with Crippen LogP contribution in [0.1, 0.15) is 28.4 Å². The predicted molar refractivity (Wildman–Crippen MR) is 89.0 cm³/mol. The molecule has 0 unspecified atom stereocenters. The Kier molecular flexibility index (Phi) is 5.02.